The van der Waals surface area contributed by atoms with Gasteiger partial charge in [0.1, 0.15) is 5.75 Å². The molecule has 0 aliphatic heterocycles. The molecule has 0 saturated heterocycles. The first-order chi connectivity index (χ1) is 8.04. The lowest BCUT2D eigenvalue weighted by molar-refractivity contribution is -0.125. The summed E-state index contributed by atoms with van der Waals surface area (Å²) in [7, 11) is 0. The summed E-state index contributed by atoms with van der Waals surface area (Å²) in [5.41, 5.74) is 5.34. The Bertz CT molecular complexity index is 399. The van der Waals surface area contributed by atoms with E-state index in [2.05, 4.69) is 0 Å². The molecule has 1 atom stereocenters. The summed E-state index contributed by atoms with van der Waals surface area (Å²) >= 11 is 0. The molecule has 0 heterocycles. The van der Waals surface area contributed by atoms with Crippen molar-refractivity contribution < 1.29 is 19.1 Å². The van der Waals surface area contributed by atoms with Gasteiger partial charge in [-0.25, -0.2) is 4.79 Å². The van der Waals surface area contributed by atoms with Crippen LogP contribution in [0.15, 0.2) is 24.3 Å². The number of ether oxygens (including phenoxy) is 2. The number of hydrogen-bond donors (Lipinski definition) is 1. The van der Waals surface area contributed by atoms with Crippen LogP contribution < -0.4 is 10.5 Å². The molecule has 1 amide bonds. The van der Waals surface area contributed by atoms with Gasteiger partial charge in [-0.15, -0.1) is 0 Å². The number of amides is 1. The molecule has 5 heteroatoms. The minimum absolute atomic E-state index is 0.349. The highest BCUT2D eigenvalue weighted by Gasteiger charge is 2.15. The fraction of sp³-hybridized carbons (Fsp3) is 0.333. The van der Waals surface area contributed by atoms with E-state index in [4.69, 9.17) is 15.2 Å². The summed E-state index contributed by atoms with van der Waals surface area (Å²) in [4.78, 5) is 22.3. The second-order valence-electron chi connectivity index (χ2n) is 3.41. The van der Waals surface area contributed by atoms with E-state index < -0.39 is 18.0 Å². The first kappa shape index (κ1) is 13.0. The van der Waals surface area contributed by atoms with Crippen molar-refractivity contribution in [2.24, 2.45) is 5.73 Å². The van der Waals surface area contributed by atoms with Gasteiger partial charge in [-0.2, -0.15) is 0 Å². The third-order valence-electron chi connectivity index (χ3n) is 2.09. The van der Waals surface area contributed by atoms with Crippen molar-refractivity contribution in [1.82, 2.24) is 0 Å². The van der Waals surface area contributed by atoms with Crippen molar-refractivity contribution >= 4 is 11.9 Å². The molecule has 0 radical (unpaired) electrons. The van der Waals surface area contributed by atoms with Crippen molar-refractivity contribution in [3.63, 3.8) is 0 Å². The number of carbonyl (C=O) groups excluding carboxylic acids is 2. The lowest BCUT2D eigenvalue weighted by Gasteiger charge is -2.09. The van der Waals surface area contributed by atoms with Gasteiger partial charge in [0.2, 0.25) is 0 Å². The van der Waals surface area contributed by atoms with Crippen molar-refractivity contribution in [1.29, 1.82) is 0 Å². The highest BCUT2D eigenvalue weighted by atomic mass is 16.5. The van der Waals surface area contributed by atoms with E-state index in [1.54, 1.807) is 24.3 Å². The van der Waals surface area contributed by atoms with Crippen LogP contribution in [0.4, 0.5) is 0 Å². The maximum absolute atomic E-state index is 11.6. The monoisotopic (exact) mass is 237 g/mol. The zero-order chi connectivity index (χ0) is 12.8. The molecule has 2 N–H and O–H groups in total. The zero-order valence-electron chi connectivity index (χ0n) is 9.80. The summed E-state index contributed by atoms with van der Waals surface area (Å²) in [6, 6.07) is 6.46. The van der Waals surface area contributed by atoms with E-state index in [0.717, 1.165) is 0 Å². The van der Waals surface area contributed by atoms with E-state index in [-0.39, 0.29) is 0 Å². The molecule has 1 aromatic rings. The molecule has 0 aliphatic carbocycles. The Morgan fingerprint density at radius 3 is 2.35 bits per heavy atom. The van der Waals surface area contributed by atoms with Gasteiger partial charge in [-0.1, -0.05) is 0 Å². The summed E-state index contributed by atoms with van der Waals surface area (Å²) < 4.78 is 10.1. The second kappa shape index (κ2) is 5.89. The number of carbonyl (C=O) groups is 2. The molecule has 1 aromatic carbocycles. The Balaban J connectivity index is 2.66. The van der Waals surface area contributed by atoms with E-state index in [1.165, 1.54) is 6.92 Å². The minimum Gasteiger partial charge on any atom is -0.494 e. The summed E-state index contributed by atoms with van der Waals surface area (Å²) in [5, 5.41) is 0. The highest BCUT2D eigenvalue weighted by Crippen LogP contribution is 2.13. The van der Waals surface area contributed by atoms with Gasteiger partial charge in [0, 0.05) is 0 Å². The lowest BCUT2D eigenvalue weighted by Crippen LogP contribution is -2.30. The summed E-state index contributed by atoms with van der Waals surface area (Å²) in [6.07, 6.45) is -0.936. The fourth-order valence-corrected chi connectivity index (χ4v) is 1.14. The van der Waals surface area contributed by atoms with Gasteiger partial charge >= 0.3 is 5.97 Å². The second-order valence-corrected chi connectivity index (χ2v) is 3.41. The van der Waals surface area contributed by atoms with Gasteiger partial charge in [0.25, 0.3) is 5.91 Å². The normalized spacial score (nSPS) is 11.6. The summed E-state index contributed by atoms with van der Waals surface area (Å²) in [5.74, 6) is -0.587. The molecule has 17 heavy (non-hydrogen) atoms. The number of benzene rings is 1. The van der Waals surface area contributed by atoms with Crippen molar-refractivity contribution in [2.75, 3.05) is 6.61 Å². The molecule has 92 valence electrons. The average molecular weight is 237 g/mol. The first-order valence-corrected chi connectivity index (χ1v) is 5.27. The molecular formula is C12H15NO4. The predicted octanol–water partition coefficient (Wildman–Crippen LogP) is 1.12. The standard InChI is InChI=1S/C12H15NO4/c1-3-16-10-6-4-9(5-7-10)12(15)17-8(2)11(13)14/h4-8H,3H2,1-2H3,(H2,13,14). The van der Waals surface area contributed by atoms with Gasteiger partial charge in [0.05, 0.1) is 12.2 Å². The van der Waals surface area contributed by atoms with Crippen molar-refractivity contribution in [2.45, 2.75) is 20.0 Å². The van der Waals surface area contributed by atoms with Crippen LogP contribution in [0.2, 0.25) is 0 Å². The third-order valence-corrected chi connectivity index (χ3v) is 2.09. The maximum Gasteiger partial charge on any atom is 0.338 e. The zero-order valence-corrected chi connectivity index (χ0v) is 9.80. The van der Waals surface area contributed by atoms with Crippen LogP contribution >= 0.6 is 0 Å². The molecule has 1 rings (SSSR count). The fourth-order valence-electron chi connectivity index (χ4n) is 1.14. The molecule has 0 aromatic heterocycles. The van der Waals surface area contributed by atoms with E-state index in [1.807, 2.05) is 6.92 Å². The van der Waals surface area contributed by atoms with Crippen molar-refractivity contribution in [3.05, 3.63) is 29.8 Å². The Morgan fingerprint density at radius 1 is 1.29 bits per heavy atom. The topological polar surface area (TPSA) is 78.6 Å². The van der Waals surface area contributed by atoms with Crippen LogP contribution in [0.25, 0.3) is 0 Å². The Morgan fingerprint density at radius 2 is 1.88 bits per heavy atom. The molecule has 5 nitrogen and oxygen atoms in total. The smallest absolute Gasteiger partial charge is 0.338 e. The van der Waals surface area contributed by atoms with Crippen molar-refractivity contribution in [3.8, 4) is 5.75 Å². The van der Waals surface area contributed by atoms with Gasteiger partial charge in [-0.3, -0.25) is 4.79 Å². The highest BCUT2D eigenvalue weighted by molar-refractivity contribution is 5.92. The average Bonchev–Trinajstić information content (AvgIpc) is 2.30. The summed E-state index contributed by atoms with van der Waals surface area (Å²) in [6.45, 7) is 3.86. The SMILES string of the molecule is CCOc1ccc(C(=O)OC(C)C(N)=O)cc1. The maximum atomic E-state index is 11.6. The molecule has 0 bridgehead atoms. The molecule has 0 spiro atoms. The van der Waals surface area contributed by atoms with Crippen LogP contribution in [0.1, 0.15) is 24.2 Å². The van der Waals surface area contributed by atoms with E-state index in [0.29, 0.717) is 17.9 Å². The molecule has 0 saturated carbocycles. The molecule has 0 aliphatic rings. The van der Waals surface area contributed by atoms with Crippen LogP contribution in [0.5, 0.6) is 5.75 Å². The molecule has 1 unspecified atom stereocenters. The Labute approximate surface area is 99.5 Å². The van der Waals surface area contributed by atoms with Gasteiger partial charge < -0.3 is 15.2 Å². The van der Waals surface area contributed by atoms with Crippen LogP contribution in [-0.2, 0) is 9.53 Å². The number of hydrogen-bond acceptors (Lipinski definition) is 4. The number of nitrogens with two attached hydrogens (primary N) is 1. The minimum atomic E-state index is -0.936. The van der Waals surface area contributed by atoms with E-state index in [9.17, 15) is 9.59 Å². The van der Waals surface area contributed by atoms with Crippen LogP contribution in [0.3, 0.4) is 0 Å². The lowest BCUT2D eigenvalue weighted by atomic mass is 10.2. The van der Waals surface area contributed by atoms with Crippen LogP contribution in [0, 0.1) is 0 Å². The predicted molar refractivity (Wildman–Crippen MR) is 61.7 cm³/mol. The molecule has 0 fully saturated rings. The van der Waals surface area contributed by atoms with Gasteiger partial charge in [-0.05, 0) is 38.1 Å². The van der Waals surface area contributed by atoms with Crippen LogP contribution in [-0.4, -0.2) is 24.6 Å². The third kappa shape index (κ3) is 3.79. The quantitative estimate of drug-likeness (QED) is 0.778. The Hall–Kier alpha value is -2.04. The molecular weight excluding hydrogens is 222 g/mol. The number of primary amides is 1. The van der Waals surface area contributed by atoms with Gasteiger partial charge in [0.15, 0.2) is 6.10 Å². The van der Waals surface area contributed by atoms with E-state index >= 15 is 0 Å². The Kier molecular flexibility index (Phi) is 4.51. The number of rotatable bonds is 5. The largest absolute Gasteiger partial charge is 0.494 e. The first-order valence-electron chi connectivity index (χ1n) is 5.27. The number of esters is 1.